The minimum absolute atomic E-state index is 0.0312. The predicted molar refractivity (Wildman–Crippen MR) is 121 cm³/mol. The van der Waals surface area contributed by atoms with Crippen molar-refractivity contribution < 1.29 is 24.7 Å². The molecule has 0 radical (unpaired) electrons. The van der Waals surface area contributed by atoms with Crippen LogP contribution in [-0.4, -0.2) is 56.8 Å². The van der Waals surface area contributed by atoms with Crippen molar-refractivity contribution >= 4 is 28.8 Å². The summed E-state index contributed by atoms with van der Waals surface area (Å²) in [5, 5.41) is 22.1. The van der Waals surface area contributed by atoms with Gasteiger partial charge in [-0.1, -0.05) is 30.3 Å². The van der Waals surface area contributed by atoms with Gasteiger partial charge in [0.05, 0.1) is 12.0 Å². The first-order chi connectivity index (χ1) is 15.8. The van der Waals surface area contributed by atoms with Gasteiger partial charge in [0.15, 0.2) is 0 Å². The number of hydroxylamine groups is 1. The van der Waals surface area contributed by atoms with Crippen molar-refractivity contribution in [3.8, 4) is 0 Å². The normalized spacial score (nSPS) is 17.8. The molecule has 9 heteroatoms. The average Bonchev–Trinajstić information content (AvgIpc) is 3.34. The molecule has 2 heterocycles. The summed E-state index contributed by atoms with van der Waals surface area (Å²) in [5.41, 5.74) is 6.58. The summed E-state index contributed by atoms with van der Waals surface area (Å²) in [6.07, 6.45) is -1.19. The molecular weight excluding hydrogens is 424 g/mol. The fourth-order valence-corrected chi connectivity index (χ4v) is 4.46. The summed E-state index contributed by atoms with van der Waals surface area (Å²) >= 11 is 0. The Kier molecular flexibility index (Phi) is 6.06. The maximum absolute atomic E-state index is 12.8. The van der Waals surface area contributed by atoms with Gasteiger partial charge in [0, 0.05) is 41.8 Å². The minimum atomic E-state index is -1.19. The SMILES string of the molecule is Cc1c(C)n(Cc2ccc(C(=O)N[C@@H]3CN(C(=O)O)C[C@@H]3C(=O)NO)cc2)c2ccccc12. The van der Waals surface area contributed by atoms with Crippen LogP contribution in [0.2, 0.25) is 0 Å². The molecule has 9 nitrogen and oxygen atoms in total. The maximum Gasteiger partial charge on any atom is 0.407 e. The van der Waals surface area contributed by atoms with Gasteiger partial charge in [0.1, 0.15) is 0 Å². The number of hydrogen-bond acceptors (Lipinski definition) is 4. The summed E-state index contributed by atoms with van der Waals surface area (Å²) in [5.74, 6) is -2.01. The molecule has 3 amide bonds. The second kappa shape index (κ2) is 8.95. The Morgan fingerprint density at radius 2 is 1.73 bits per heavy atom. The predicted octanol–water partition coefficient (Wildman–Crippen LogP) is 2.52. The molecule has 172 valence electrons. The van der Waals surface area contributed by atoms with Crippen LogP contribution in [0.15, 0.2) is 48.5 Å². The van der Waals surface area contributed by atoms with Crippen LogP contribution in [0, 0.1) is 19.8 Å². The molecule has 3 aromatic rings. The molecule has 1 aliphatic heterocycles. The number of likely N-dealkylation sites (tertiary alicyclic amines) is 1. The van der Waals surface area contributed by atoms with E-state index >= 15 is 0 Å². The topological polar surface area (TPSA) is 124 Å². The Morgan fingerprint density at radius 1 is 1.03 bits per heavy atom. The Hall–Kier alpha value is -3.85. The third-order valence-corrected chi connectivity index (χ3v) is 6.46. The standard InChI is InChI=1S/C24H26N4O5/c1-14-15(2)28(21-6-4-3-5-18(14)21)11-16-7-9-17(10-8-16)22(29)25-20-13-27(24(31)32)12-19(20)23(30)26-33/h3-10,19-20,33H,11-13H2,1-2H3,(H,25,29)(H,26,30)(H,31,32)/t19-,20+/m0/s1. The van der Waals surface area contributed by atoms with Crippen LogP contribution in [0.3, 0.4) is 0 Å². The van der Waals surface area contributed by atoms with Gasteiger partial charge in [-0.2, -0.15) is 0 Å². The van der Waals surface area contributed by atoms with Crippen LogP contribution in [0.1, 0.15) is 27.2 Å². The van der Waals surface area contributed by atoms with E-state index in [1.165, 1.54) is 16.6 Å². The first-order valence-corrected chi connectivity index (χ1v) is 10.7. The molecule has 1 fully saturated rings. The zero-order valence-electron chi connectivity index (χ0n) is 18.4. The van der Waals surface area contributed by atoms with Gasteiger partial charge in [-0.25, -0.2) is 10.3 Å². The van der Waals surface area contributed by atoms with E-state index in [9.17, 15) is 19.5 Å². The molecular formula is C24H26N4O5. The number of hydrogen-bond donors (Lipinski definition) is 4. The van der Waals surface area contributed by atoms with Crippen LogP contribution in [0.4, 0.5) is 4.79 Å². The van der Waals surface area contributed by atoms with Crippen molar-refractivity contribution in [2.45, 2.75) is 26.4 Å². The highest BCUT2D eigenvalue weighted by molar-refractivity contribution is 5.95. The van der Waals surface area contributed by atoms with Gasteiger partial charge in [0.2, 0.25) is 5.91 Å². The number of nitrogens with one attached hydrogen (secondary N) is 2. The van der Waals surface area contributed by atoms with E-state index < -0.39 is 29.9 Å². The van der Waals surface area contributed by atoms with Crippen LogP contribution in [0.25, 0.3) is 10.9 Å². The molecule has 0 spiro atoms. The highest BCUT2D eigenvalue weighted by atomic mass is 16.5. The summed E-state index contributed by atoms with van der Waals surface area (Å²) in [7, 11) is 0. The quantitative estimate of drug-likeness (QED) is 0.351. The summed E-state index contributed by atoms with van der Waals surface area (Å²) < 4.78 is 2.25. The van der Waals surface area contributed by atoms with Crippen molar-refractivity contribution in [1.82, 2.24) is 20.3 Å². The molecule has 0 aliphatic carbocycles. The molecule has 1 saturated heterocycles. The van der Waals surface area contributed by atoms with Crippen molar-refractivity contribution in [2.24, 2.45) is 5.92 Å². The maximum atomic E-state index is 12.8. The Morgan fingerprint density at radius 3 is 2.39 bits per heavy atom. The van der Waals surface area contributed by atoms with E-state index in [4.69, 9.17) is 5.21 Å². The number of carbonyl (C=O) groups excluding carboxylic acids is 2. The van der Waals surface area contributed by atoms with Gasteiger partial charge in [0.25, 0.3) is 5.91 Å². The largest absolute Gasteiger partial charge is 0.465 e. The van der Waals surface area contributed by atoms with E-state index in [0.29, 0.717) is 12.1 Å². The van der Waals surface area contributed by atoms with Gasteiger partial charge in [-0.05, 0) is 43.2 Å². The van der Waals surface area contributed by atoms with Crippen molar-refractivity contribution in [3.63, 3.8) is 0 Å². The number of aromatic nitrogens is 1. The third-order valence-electron chi connectivity index (χ3n) is 6.46. The molecule has 2 aromatic carbocycles. The number of carboxylic acid groups (broad SMARTS) is 1. The average molecular weight is 450 g/mol. The first-order valence-electron chi connectivity index (χ1n) is 10.7. The van der Waals surface area contributed by atoms with E-state index in [1.807, 2.05) is 24.3 Å². The zero-order chi connectivity index (χ0) is 23.7. The number of benzene rings is 2. The number of fused-ring (bicyclic) bond motifs is 1. The van der Waals surface area contributed by atoms with E-state index in [1.54, 1.807) is 17.6 Å². The Labute approximate surface area is 190 Å². The lowest BCUT2D eigenvalue weighted by molar-refractivity contribution is -0.133. The van der Waals surface area contributed by atoms with Crippen LogP contribution < -0.4 is 10.8 Å². The molecule has 0 unspecified atom stereocenters. The molecule has 0 bridgehead atoms. The zero-order valence-corrected chi connectivity index (χ0v) is 18.4. The number of aryl methyl sites for hydroxylation is 1. The number of para-hydroxylation sites is 1. The first kappa shape index (κ1) is 22.3. The van der Waals surface area contributed by atoms with Gasteiger partial charge in [-0.15, -0.1) is 0 Å². The summed E-state index contributed by atoms with van der Waals surface area (Å²) in [6, 6.07) is 14.7. The fourth-order valence-electron chi connectivity index (χ4n) is 4.46. The van der Waals surface area contributed by atoms with Gasteiger partial charge in [-0.3, -0.25) is 14.8 Å². The van der Waals surface area contributed by atoms with E-state index in [0.717, 1.165) is 16.0 Å². The van der Waals surface area contributed by atoms with Gasteiger partial charge < -0.3 is 19.9 Å². The lowest BCUT2D eigenvalue weighted by Crippen LogP contribution is -2.45. The number of amides is 3. The van der Waals surface area contributed by atoms with E-state index in [2.05, 4.69) is 35.9 Å². The number of nitrogens with zero attached hydrogens (tertiary/aromatic N) is 2. The van der Waals surface area contributed by atoms with Crippen molar-refractivity contribution in [3.05, 3.63) is 70.9 Å². The van der Waals surface area contributed by atoms with Gasteiger partial charge >= 0.3 is 6.09 Å². The number of rotatable bonds is 5. The minimum Gasteiger partial charge on any atom is -0.465 e. The molecule has 4 rings (SSSR count). The lowest BCUT2D eigenvalue weighted by Gasteiger charge is -2.18. The summed E-state index contributed by atoms with van der Waals surface area (Å²) in [4.78, 5) is 37.0. The molecule has 4 N–H and O–H groups in total. The monoisotopic (exact) mass is 450 g/mol. The van der Waals surface area contributed by atoms with Crippen LogP contribution >= 0.6 is 0 Å². The lowest BCUT2D eigenvalue weighted by atomic mass is 10.0. The van der Waals surface area contributed by atoms with Crippen molar-refractivity contribution in [2.75, 3.05) is 13.1 Å². The highest BCUT2D eigenvalue weighted by Crippen LogP contribution is 2.26. The number of carbonyl (C=O) groups is 3. The molecule has 33 heavy (non-hydrogen) atoms. The van der Waals surface area contributed by atoms with Crippen LogP contribution in [0.5, 0.6) is 0 Å². The Balaban J connectivity index is 1.48. The molecule has 1 aromatic heterocycles. The molecule has 1 aliphatic rings. The van der Waals surface area contributed by atoms with E-state index in [-0.39, 0.29) is 13.1 Å². The molecule has 2 atom stereocenters. The fraction of sp³-hybridized carbons (Fsp3) is 0.292. The molecule has 0 saturated carbocycles. The second-order valence-corrected chi connectivity index (χ2v) is 8.36. The third kappa shape index (κ3) is 4.27. The smallest absolute Gasteiger partial charge is 0.407 e. The summed E-state index contributed by atoms with van der Waals surface area (Å²) in [6.45, 7) is 4.74. The highest BCUT2D eigenvalue weighted by Gasteiger charge is 2.40. The second-order valence-electron chi connectivity index (χ2n) is 8.36. The Bertz CT molecular complexity index is 1220. The van der Waals surface area contributed by atoms with Crippen molar-refractivity contribution in [1.29, 1.82) is 0 Å². The van der Waals surface area contributed by atoms with Crippen LogP contribution in [-0.2, 0) is 11.3 Å².